The van der Waals surface area contributed by atoms with Gasteiger partial charge in [0.05, 0.1) is 0 Å². The zero-order valence-corrected chi connectivity index (χ0v) is 11.0. The Bertz CT molecular complexity index is 182. The van der Waals surface area contributed by atoms with Gasteiger partial charge in [-0.1, -0.05) is 20.8 Å². The summed E-state index contributed by atoms with van der Waals surface area (Å²) in [4.78, 5) is 10.7. The molecule has 0 saturated carbocycles. The first-order valence-electron chi connectivity index (χ1n) is 5.39. The summed E-state index contributed by atoms with van der Waals surface area (Å²) in [5.41, 5.74) is 0. The van der Waals surface area contributed by atoms with Gasteiger partial charge in [-0.3, -0.25) is 4.79 Å². The van der Waals surface area contributed by atoms with Crippen molar-refractivity contribution < 1.29 is 4.79 Å². The SMILES string of the molecule is CCS(C)(CCCNC(C)=O)C(C)C. The third-order valence-electron chi connectivity index (χ3n) is 2.96. The van der Waals surface area contributed by atoms with E-state index in [-0.39, 0.29) is 5.91 Å². The second-order valence-corrected chi connectivity index (χ2v) is 8.86. The molecular weight excluding hydrogens is 194 g/mol. The van der Waals surface area contributed by atoms with Crippen LogP contribution in [0.1, 0.15) is 34.1 Å². The van der Waals surface area contributed by atoms with Gasteiger partial charge < -0.3 is 5.32 Å². The van der Waals surface area contributed by atoms with Crippen molar-refractivity contribution in [2.45, 2.75) is 39.4 Å². The molecule has 0 radical (unpaired) electrons. The van der Waals surface area contributed by atoms with Gasteiger partial charge in [-0.2, -0.15) is 0 Å². The molecular formula is C11H25NOS. The van der Waals surface area contributed by atoms with Gasteiger partial charge in [0.25, 0.3) is 0 Å². The Kier molecular flexibility index (Phi) is 6.25. The van der Waals surface area contributed by atoms with Crippen molar-refractivity contribution in [1.29, 1.82) is 0 Å². The fraction of sp³-hybridized carbons (Fsp3) is 0.909. The van der Waals surface area contributed by atoms with Gasteiger partial charge in [0.2, 0.25) is 5.91 Å². The van der Waals surface area contributed by atoms with Crippen molar-refractivity contribution in [3.63, 3.8) is 0 Å². The largest absolute Gasteiger partial charge is 0.356 e. The molecule has 1 amide bonds. The molecule has 0 spiro atoms. The van der Waals surface area contributed by atoms with E-state index in [0.29, 0.717) is 0 Å². The van der Waals surface area contributed by atoms with Crippen molar-refractivity contribution in [3.05, 3.63) is 0 Å². The van der Waals surface area contributed by atoms with Crippen LogP contribution in [0.15, 0.2) is 0 Å². The van der Waals surface area contributed by atoms with E-state index in [1.165, 1.54) is 11.5 Å². The molecule has 2 nitrogen and oxygen atoms in total. The Morgan fingerprint density at radius 3 is 2.36 bits per heavy atom. The van der Waals surface area contributed by atoms with Gasteiger partial charge in [0, 0.05) is 13.5 Å². The van der Waals surface area contributed by atoms with Gasteiger partial charge in [0.15, 0.2) is 0 Å². The van der Waals surface area contributed by atoms with Gasteiger partial charge in [-0.25, -0.2) is 10.0 Å². The number of hydrogen-bond acceptors (Lipinski definition) is 1. The second-order valence-electron chi connectivity index (χ2n) is 4.23. The summed E-state index contributed by atoms with van der Waals surface area (Å²) in [6, 6.07) is 0. The Balaban J connectivity index is 3.79. The van der Waals surface area contributed by atoms with Crippen LogP contribution in [0.25, 0.3) is 0 Å². The minimum atomic E-state index is -0.443. The molecule has 1 unspecified atom stereocenters. The summed E-state index contributed by atoms with van der Waals surface area (Å²) >= 11 is 0. The molecule has 0 aromatic heterocycles. The van der Waals surface area contributed by atoms with Crippen LogP contribution in [0.5, 0.6) is 0 Å². The lowest BCUT2D eigenvalue weighted by Gasteiger charge is -2.39. The van der Waals surface area contributed by atoms with E-state index in [9.17, 15) is 4.79 Å². The van der Waals surface area contributed by atoms with E-state index in [1.54, 1.807) is 6.92 Å². The van der Waals surface area contributed by atoms with Gasteiger partial charge in [-0.05, 0) is 29.4 Å². The maximum Gasteiger partial charge on any atom is 0.216 e. The average molecular weight is 219 g/mol. The lowest BCUT2D eigenvalue weighted by molar-refractivity contribution is -0.118. The third-order valence-corrected chi connectivity index (χ3v) is 7.78. The quantitative estimate of drug-likeness (QED) is 0.683. The number of carbonyl (C=O) groups is 1. The Labute approximate surface area is 90.2 Å². The van der Waals surface area contributed by atoms with E-state index in [2.05, 4.69) is 32.3 Å². The van der Waals surface area contributed by atoms with E-state index >= 15 is 0 Å². The highest BCUT2D eigenvalue weighted by Crippen LogP contribution is 2.48. The molecule has 1 atom stereocenters. The molecule has 0 aliphatic heterocycles. The number of hydrogen-bond donors (Lipinski definition) is 1. The van der Waals surface area contributed by atoms with Crippen LogP contribution in [-0.4, -0.2) is 35.5 Å². The number of nitrogens with one attached hydrogen (secondary N) is 1. The predicted molar refractivity (Wildman–Crippen MR) is 67.4 cm³/mol. The van der Waals surface area contributed by atoms with E-state index in [4.69, 9.17) is 0 Å². The summed E-state index contributed by atoms with van der Waals surface area (Å²) in [6.45, 7) is 9.33. The van der Waals surface area contributed by atoms with Gasteiger partial charge in [0.1, 0.15) is 0 Å². The Morgan fingerprint density at radius 1 is 1.43 bits per heavy atom. The predicted octanol–water partition coefficient (Wildman–Crippen LogP) is 2.38. The molecule has 3 heteroatoms. The minimum Gasteiger partial charge on any atom is -0.356 e. The zero-order chi connectivity index (χ0) is 11.2. The summed E-state index contributed by atoms with van der Waals surface area (Å²) in [5, 5.41) is 3.65. The van der Waals surface area contributed by atoms with Gasteiger partial charge >= 0.3 is 0 Å². The molecule has 0 aliphatic rings. The molecule has 86 valence electrons. The van der Waals surface area contributed by atoms with E-state index < -0.39 is 10.0 Å². The van der Waals surface area contributed by atoms with Crippen molar-refractivity contribution >= 4 is 15.9 Å². The van der Waals surface area contributed by atoms with Crippen LogP contribution in [-0.2, 0) is 4.79 Å². The molecule has 0 fully saturated rings. The highest BCUT2D eigenvalue weighted by Gasteiger charge is 2.19. The van der Waals surface area contributed by atoms with Crippen LogP contribution in [0, 0.1) is 0 Å². The van der Waals surface area contributed by atoms with E-state index in [0.717, 1.165) is 18.2 Å². The van der Waals surface area contributed by atoms with Crippen LogP contribution in [0.2, 0.25) is 0 Å². The number of rotatable bonds is 6. The second kappa shape index (κ2) is 6.33. The molecule has 0 heterocycles. The lowest BCUT2D eigenvalue weighted by atomic mass is 10.5. The van der Waals surface area contributed by atoms with Crippen molar-refractivity contribution in [3.8, 4) is 0 Å². The van der Waals surface area contributed by atoms with Crippen LogP contribution < -0.4 is 5.32 Å². The zero-order valence-electron chi connectivity index (χ0n) is 10.2. The summed E-state index contributed by atoms with van der Waals surface area (Å²) in [5.74, 6) is 2.66. The third kappa shape index (κ3) is 4.89. The maximum atomic E-state index is 10.7. The van der Waals surface area contributed by atoms with Crippen LogP contribution in [0.4, 0.5) is 0 Å². The summed E-state index contributed by atoms with van der Waals surface area (Å²) in [6.07, 6.45) is 3.54. The summed E-state index contributed by atoms with van der Waals surface area (Å²) in [7, 11) is -0.443. The van der Waals surface area contributed by atoms with Crippen molar-refractivity contribution in [2.75, 3.05) is 24.3 Å². The molecule has 0 aromatic carbocycles. The van der Waals surface area contributed by atoms with Crippen molar-refractivity contribution in [2.24, 2.45) is 0 Å². The molecule has 0 rings (SSSR count). The molecule has 14 heavy (non-hydrogen) atoms. The topological polar surface area (TPSA) is 29.1 Å². The molecule has 0 saturated heterocycles. The lowest BCUT2D eigenvalue weighted by Crippen LogP contribution is -2.24. The van der Waals surface area contributed by atoms with Crippen LogP contribution >= 0.6 is 10.0 Å². The number of amides is 1. The molecule has 0 bridgehead atoms. The highest BCUT2D eigenvalue weighted by molar-refractivity contribution is 8.33. The Hall–Kier alpha value is -0.180. The maximum absolute atomic E-state index is 10.7. The van der Waals surface area contributed by atoms with Crippen LogP contribution in [0.3, 0.4) is 0 Å². The highest BCUT2D eigenvalue weighted by atomic mass is 32.3. The Morgan fingerprint density at radius 2 is 2.00 bits per heavy atom. The standard InChI is InChI=1S/C11H25NOS/c1-6-14(5,10(2)3)9-7-8-12-11(4)13/h10H,6-9H2,1-5H3,(H,12,13). The first kappa shape index (κ1) is 13.8. The fourth-order valence-electron chi connectivity index (χ4n) is 1.38. The molecule has 1 N–H and O–H groups in total. The monoisotopic (exact) mass is 219 g/mol. The first-order chi connectivity index (χ1) is 6.42. The first-order valence-corrected chi connectivity index (χ1v) is 7.83. The summed E-state index contributed by atoms with van der Waals surface area (Å²) < 4.78 is 0. The normalized spacial score (nSPS) is 17.6. The number of carbonyl (C=O) groups excluding carboxylic acids is 1. The smallest absolute Gasteiger partial charge is 0.216 e. The molecule has 0 aliphatic carbocycles. The average Bonchev–Trinajstić information content (AvgIpc) is 2.11. The molecule has 0 aromatic rings. The van der Waals surface area contributed by atoms with Gasteiger partial charge in [-0.15, -0.1) is 0 Å². The fourth-order valence-corrected chi connectivity index (χ4v) is 3.61. The van der Waals surface area contributed by atoms with Crippen molar-refractivity contribution in [1.82, 2.24) is 5.32 Å². The minimum absolute atomic E-state index is 0.0859. The van der Waals surface area contributed by atoms with E-state index in [1.807, 2.05) is 0 Å².